The molecule has 8 heteroatoms. The number of carbonyl (C=O) groups excluding carboxylic acids is 1. The predicted octanol–water partition coefficient (Wildman–Crippen LogP) is 0.897. The molecule has 1 unspecified atom stereocenters. The quantitative estimate of drug-likeness (QED) is 0.763. The van der Waals surface area contributed by atoms with Gasteiger partial charge in [-0.05, 0) is 27.7 Å². The monoisotopic (exact) mass is 282 g/mol. The van der Waals surface area contributed by atoms with Crippen molar-refractivity contribution < 1.29 is 27.4 Å². The molecule has 1 heterocycles. The van der Waals surface area contributed by atoms with Crippen LogP contribution in [0.3, 0.4) is 0 Å². The Balaban J connectivity index is 2.53. The Morgan fingerprint density at radius 2 is 2.00 bits per heavy atom. The van der Waals surface area contributed by atoms with E-state index in [-0.39, 0.29) is 6.04 Å². The van der Waals surface area contributed by atoms with Crippen molar-refractivity contribution >= 4 is 13.1 Å². The van der Waals surface area contributed by atoms with Gasteiger partial charge in [0, 0.05) is 0 Å². The molecule has 0 aromatic carbocycles. The van der Waals surface area contributed by atoms with E-state index in [0.717, 1.165) is 0 Å². The van der Waals surface area contributed by atoms with E-state index in [0.29, 0.717) is 24.5 Å². The van der Waals surface area contributed by atoms with Gasteiger partial charge in [-0.1, -0.05) is 0 Å². The first-order valence-corrected chi connectivity index (χ1v) is 6.52. The van der Waals surface area contributed by atoms with Crippen molar-refractivity contribution in [2.24, 2.45) is 0 Å². The van der Waals surface area contributed by atoms with Gasteiger partial charge in [-0.2, -0.15) is 0 Å². The van der Waals surface area contributed by atoms with E-state index in [1.54, 1.807) is 27.7 Å². The van der Waals surface area contributed by atoms with Crippen LogP contribution in [0.15, 0.2) is 0 Å². The first kappa shape index (κ1) is 16.1. The fraction of sp³-hybridized carbons (Fsp3) is 0.909. The molecule has 1 N–H and O–H groups in total. The van der Waals surface area contributed by atoms with Crippen LogP contribution in [0.4, 0.5) is 17.7 Å². The van der Waals surface area contributed by atoms with Gasteiger partial charge in [-0.3, -0.25) is 4.90 Å². The van der Waals surface area contributed by atoms with Crippen molar-refractivity contribution in [3.05, 3.63) is 0 Å². The normalized spacial score (nSPS) is 25.3. The highest BCUT2D eigenvalue weighted by Gasteiger charge is 2.37. The largest absolute Gasteiger partial charge is 0.531 e. The van der Waals surface area contributed by atoms with E-state index in [2.05, 4.69) is 0 Å². The van der Waals surface area contributed by atoms with Crippen molar-refractivity contribution in [3.63, 3.8) is 0 Å². The van der Waals surface area contributed by atoms with E-state index in [1.807, 2.05) is 0 Å². The molecule has 2 atom stereocenters. The molecule has 112 valence electrons. The van der Waals surface area contributed by atoms with Crippen LogP contribution in [-0.4, -0.2) is 55.7 Å². The third-order valence-corrected chi connectivity index (χ3v) is 2.97. The average molecular weight is 282 g/mol. The van der Waals surface area contributed by atoms with Crippen LogP contribution in [0.25, 0.3) is 0 Å². The molecular formula is C11H22BF3N2O2. The van der Waals surface area contributed by atoms with Crippen LogP contribution in [0.1, 0.15) is 27.7 Å². The molecule has 0 radical (unpaired) electrons. The Morgan fingerprint density at radius 1 is 1.42 bits per heavy atom. The number of hydrogen-bond donors (Lipinski definition) is 1. The third-order valence-electron chi connectivity index (χ3n) is 2.97. The summed E-state index contributed by atoms with van der Waals surface area (Å²) in [6.45, 7) is 3.20. The molecule has 1 saturated heterocycles. The van der Waals surface area contributed by atoms with Gasteiger partial charge < -0.3 is 22.6 Å². The molecule has 19 heavy (non-hydrogen) atoms. The summed E-state index contributed by atoms with van der Waals surface area (Å²) in [7, 11) is 0. The van der Waals surface area contributed by atoms with E-state index >= 15 is 0 Å². The Hall–Kier alpha value is -0.915. The lowest BCUT2D eigenvalue weighted by molar-refractivity contribution is -0.898. The van der Waals surface area contributed by atoms with E-state index in [9.17, 15) is 17.7 Å². The van der Waals surface area contributed by atoms with Crippen LogP contribution in [0.5, 0.6) is 0 Å². The fourth-order valence-corrected chi connectivity index (χ4v) is 2.23. The Bertz CT molecular complexity index is 331. The predicted molar refractivity (Wildman–Crippen MR) is 67.0 cm³/mol. The zero-order valence-electron chi connectivity index (χ0n) is 11.9. The van der Waals surface area contributed by atoms with Gasteiger partial charge in [0.1, 0.15) is 5.60 Å². The summed E-state index contributed by atoms with van der Waals surface area (Å²) in [5.74, 6) is 0. The minimum Gasteiger partial charge on any atom is -0.445 e. The van der Waals surface area contributed by atoms with Crippen LogP contribution >= 0.6 is 0 Å². The highest BCUT2D eigenvalue weighted by Crippen LogP contribution is 2.12. The molecule has 1 aliphatic heterocycles. The van der Waals surface area contributed by atoms with Crippen molar-refractivity contribution in [2.45, 2.75) is 39.3 Å². The van der Waals surface area contributed by atoms with Gasteiger partial charge in [0.05, 0.1) is 32.1 Å². The average Bonchev–Trinajstić information content (AvgIpc) is 2.11. The number of amides is 1. The number of rotatable bonds is 2. The van der Waals surface area contributed by atoms with Crippen molar-refractivity contribution in [1.29, 1.82) is 0 Å². The lowest BCUT2D eigenvalue weighted by Crippen LogP contribution is -3.17. The summed E-state index contributed by atoms with van der Waals surface area (Å²) in [5, 5.41) is 0. The summed E-state index contributed by atoms with van der Waals surface area (Å²) >= 11 is 0. The minimum atomic E-state index is -4.78. The number of halogens is 3. The summed E-state index contributed by atoms with van der Waals surface area (Å²) in [6.07, 6.45) is -1.23. The number of piperazine rings is 1. The zero-order valence-corrected chi connectivity index (χ0v) is 11.9. The van der Waals surface area contributed by atoms with Gasteiger partial charge in [0.2, 0.25) is 0 Å². The number of carbonyl (C=O) groups is 1. The Labute approximate surface area is 111 Å². The molecule has 1 fully saturated rings. The summed E-state index contributed by atoms with van der Waals surface area (Å²) in [6, 6.07) is -0.239. The number of quaternary nitrogens is 1. The third kappa shape index (κ3) is 5.71. The molecule has 0 saturated carbocycles. The summed E-state index contributed by atoms with van der Waals surface area (Å²) in [5.41, 5.74) is -0.587. The highest BCUT2D eigenvalue weighted by atomic mass is 19.4. The lowest BCUT2D eigenvalue weighted by atomic mass is 9.90. The second-order valence-corrected chi connectivity index (χ2v) is 6.14. The maximum Gasteiger partial charge on any atom is 0.531 e. The van der Waals surface area contributed by atoms with E-state index in [4.69, 9.17) is 4.74 Å². The molecule has 4 nitrogen and oxygen atoms in total. The highest BCUT2D eigenvalue weighted by molar-refractivity contribution is 6.58. The maximum absolute atomic E-state index is 12.4. The van der Waals surface area contributed by atoms with Crippen molar-refractivity contribution in [2.75, 3.05) is 26.1 Å². The van der Waals surface area contributed by atoms with Gasteiger partial charge in [0.25, 0.3) is 0 Å². The van der Waals surface area contributed by atoms with Crippen LogP contribution < -0.4 is 4.90 Å². The summed E-state index contributed by atoms with van der Waals surface area (Å²) in [4.78, 5) is 13.9. The zero-order chi connectivity index (χ0) is 14.8. The van der Waals surface area contributed by atoms with Gasteiger partial charge in [-0.25, -0.2) is 4.79 Å². The second-order valence-electron chi connectivity index (χ2n) is 6.14. The number of nitrogens with zero attached hydrogens (tertiary/aromatic N) is 1. The fourth-order valence-electron chi connectivity index (χ4n) is 2.23. The van der Waals surface area contributed by atoms with Gasteiger partial charge >= 0.3 is 13.1 Å². The SMILES string of the molecule is C[C@@H]1C[NH+](C[B-](F)(F)F)CCN1C(=O)OC(C)(C)C. The van der Waals surface area contributed by atoms with Gasteiger partial charge in [0.15, 0.2) is 0 Å². The molecule has 0 bridgehead atoms. The van der Waals surface area contributed by atoms with E-state index < -0.39 is 25.1 Å². The van der Waals surface area contributed by atoms with Crippen molar-refractivity contribution in [3.8, 4) is 0 Å². The van der Waals surface area contributed by atoms with Gasteiger partial charge in [-0.15, -0.1) is 0 Å². The maximum atomic E-state index is 12.4. The summed E-state index contributed by atoms with van der Waals surface area (Å²) < 4.78 is 42.4. The Morgan fingerprint density at radius 3 is 2.42 bits per heavy atom. The van der Waals surface area contributed by atoms with Crippen LogP contribution in [0, 0.1) is 0 Å². The van der Waals surface area contributed by atoms with E-state index in [1.165, 1.54) is 4.90 Å². The molecule has 1 rings (SSSR count). The number of ether oxygens (including phenoxy) is 1. The number of nitrogens with one attached hydrogen (secondary N) is 1. The van der Waals surface area contributed by atoms with Crippen molar-refractivity contribution in [1.82, 2.24) is 4.90 Å². The molecule has 1 amide bonds. The Kier molecular flexibility index (Phi) is 4.76. The molecule has 0 aromatic heterocycles. The second kappa shape index (κ2) is 5.60. The molecular weight excluding hydrogens is 260 g/mol. The first-order valence-electron chi connectivity index (χ1n) is 6.52. The molecule has 0 aliphatic carbocycles. The van der Waals surface area contributed by atoms with Crippen LogP contribution in [0.2, 0.25) is 0 Å². The minimum absolute atomic E-state index is 0.239. The first-order chi connectivity index (χ1) is 8.48. The molecule has 1 aliphatic rings. The topological polar surface area (TPSA) is 34.0 Å². The molecule has 0 spiro atoms. The smallest absolute Gasteiger partial charge is 0.445 e. The molecule has 0 aromatic rings. The standard InChI is InChI=1S/C11H21BF3N2O2/c1-9-7-16(8-12(13,14)15)5-6-17(9)10(18)19-11(2,3)4/h9H,5-8H2,1-4H3/q-1/p+1/t9-/m1/s1. The van der Waals surface area contributed by atoms with Crippen LogP contribution in [-0.2, 0) is 4.74 Å². The lowest BCUT2D eigenvalue weighted by Gasteiger charge is -2.39. The number of hydrogen-bond acceptors (Lipinski definition) is 2.